The molecule has 1 N–H and O–H groups in total. The van der Waals surface area contributed by atoms with Gasteiger partial charge in [-0.3, -0.25) is 9.36 Å². The average molecular weight is 558 g/mol. The van der Waals surface area contributed by atoms with Crippen molar-refractivity contribution in [1.82, 2.24) is 14.8 Å². The highest BCUT2D eigenvalue weighted by molar-refractivity contribution is 9.10. The van der Waals surface area contributed by atoms with E-state index in [0.29, 0.717) is 18.6 Å². The standard InChI is InChI=1S/C27H33BrN4O2S/c1-18(2)22-15-23(28)19(3)14-24(22)34-16-25-30-31-27(32(25)21-12-8-5-9-13-21)35-17-26(33)29-20-10-6-4-7-11-20/h4,6-7,10-11,14-15,18,21H,5,8-9,12-13,16-17H2,1-3H3,(H,29,33). The second-order valence-electron chi connectivity index (χ2n) is 9.35. The molecule has 1 saturated carbocycles. The van der Waals surface area contributed by atoms with Crippen molar-refractivity contribution in [3.63, 3.8) is 0 Å². The second kappa shape index (κ2) is 12.1. The van der Waals surface area contributed by atoms with E-state index in [4.69, 9.17) is 4.74 Å². The highest BCUT2D eigenvalue weighted by Crippen LogP contribution is 2.35. The normalized spacial score (nSPS) is 14.3. The largest absolute Gasteiger partial charge is 0.485 e. The number of benzene rings is 2. The van der Waals surface area contributed by atoms with Gasteiger partial charge >= 0.3 is 0 Å². The summed E-state index contributed by atoms with van der Waals surface area (Å²) in [6.45, 7) is 6.76. The third kappa shape index (κ3) is 6.67. The number of nitrogens with one attached hydrogen (secondary N) is 1. The van der Waals surface area contributed by atoms with Gasteiger partial charge in [-0.15, -0.1) is 10.2 Å². The minimum absolute atomic E-state index is 0.0518. The highest BCUT2D eigenvalue weighted by Gasteiger charge is 2.24. The molecule has 4 rings (SSSR count). The van der Waals surface area contributed by atoms with Crippen LogP contribution in [-0.2, 0) is 11.4 Å². The molecule has 0 radical (unpaired) electrons. The molecule has 1 fully saturated rings. The molecule has 0 atom stereocenters. The average Bonchev–Trinajstić information content (AvgIpc) is 3.27. The van der Waals surface area contributed by atoms with Crippen LogP contribution in [0.5, 0.6) is 5.75 Å². The molecule has 2 aromatic carbocycles. The molecule has 1 aliphatic carbocycles. The van der Waals surface area contributed by atoms with Crippen LogP contribution in [0.4, 0.5) is 5.69 Å². The summed E-state index contributed by atoms with van der Waals surface area (Å²) in [5.41, 5.74) is 3.10. The zero-order valence-corrected chi connectivity index (χ0v) is 23.0. The molecule has 3 aromatic rings. The zero-order valence-electron chi connectivity index (χ0n) is 20.6. The molecule has 8 heteroatoms. The lowest BCUT2D eigenvalue weighted by Gasteiger charge is -2.25. The predicted molar refractivity (Wildman–Crippen MR) is 145 cm³/mol. The number of hydrogen-bond donors (Lipinski definition) is 1. The van der Waals surface area contributed by atoms with Gasteiger partial charge in [0.25, 0.3) is 0 Å². The smallest absolute Gasteiger partial charge is 0.234 e. The van der Waals surface area contributed by atoms with Gasteiger partial charge in [-0.25, -0.2) is 0 Å². The van der Waals surface area contributed by atoms with Gasteiger partial charge in [-0.2, -0.15) is 0 Å². The third-order valence-corrected chi connectivity index (χ3v) is 8.13. The fraction of sp³-hybridized carbons (Fsp3) is 0.444. The first-order valence-electron chi connectivity index (χ1n) is 12.3. The molecule has 1 aromatic heterocycles. The van der Waals surface area contributed by atoms with Gasteiger partial charge in [0.05, 0.1) is 5.75 Å². The van der Waals surface area contributed by atoms with Gasteiger partial charge in [0.15, 0.2) is 11.0 Å². The van der Waals surface area contributed by atoms with E-state index in [1.165, 1.54) is 36.6 Å². The van der Waals surface area contributed by atoms with Crippen molar-refractivity contribution >= 4 is 39.3 Å². The van der Waals surface area contributed by atoms with E-state index in [9.17, 15) is 4.79 Å². The third-order valence-electron chi connectivity index (χ3n) is 6.33. The van der Waals surface area contributed by atoms with Crippen LogP contribution in [0.3, 0.4) is 0 Å². The van der Waals surface area contributed by atoms with E-state index in [-0.39, 0.29) is 11.7 Å². The number of anilines is 1. The first-order valence-corrected chi connectivity index (χ1v) is 14.0. The van der Waals surface area contributed by atoms with E-state index in [1.54, 1.807) is 0 Å². The van der Waals surface area contributed by atoms with Gasteiger partial charge in [0, 0.05) is 16.2 Å². The monoisotopic (exact) mass is 556 g/mol. The van der Waals surface area contributed by atoms with Gasteiger partial charge < -0.3 is 10.1 Å². The minimum Gasteiger partial charge on any atom is -0.485 e. The van der Waals surface area contributed by atoms with Gasteiger partial charge in [0.1, 0.15) is 12.4 Å². The van der Waals surface area contributed by atoms with Crippen LogP contribution in [0.2, 0.25) is 0 Å². The Hall–Kier alpha value is -2.32. The van der Waals surface area contributed by atoms with Crippen LogP contribution < -0.4 is 10.1 Å². The fourth-order valence-electron chi connectivity index (χ4n) is 4.45. The number of nitrogens with zero attached hydrogens (tertiary/aromatic N) is 3. The fourth-order valence-corrected chi connectivity index (χ4v) is 5.63. The summed E-state index contributed by atoms with van der Waals surface area (Å²) in [6, 6.07) is 14.1. The number of aryl methyl sites for hydroxylation is 1. The van der Waals surface area contributed by atoms with Crippen LogP contribution in [0.15, 0.2) is 52.1 Å². The Labute approximate surface area is 220 Å². The SMILES string of the molecule is Cc1cc(OCc2nnc(SCC(=O)Nc3ccccc3)n2C2CCCCC2)c(C(C)C)cc1Br. The molecule has 35 heavy (non-hydrogen) atoms. The molecule has 186 valence electrons. The van der Waals surface area contributed by atoms with Gasteiger partial charge in [0.2, 0.25) is 5.91 Å². The van der Waals surface area contributed by atoms with Crippen molar-refractivity contribution in [3.8, 4) is 5.75 Å². The summed E-state index contributed by atoms with van der Waals surface area (Å²) in [6.07, 6.45) is 5.87. The van der Waals surface area contributed by atoms with E-state index >= 15 is 0 Å². The first-order chi connectivity index (χ1) is 16.9. The lowest BCUT2D eigenvalue weighted by atomic mass is 9.95. The number of carbonyl (C=O) groups is 1. The predicted octanol–water partition coefficient (Wildman–Crippen LogP) is 7.29. The van der Waals surface area contributed by atoms with Crippen LogP contribution in [-0.4, -0.2) is 26.4 Å². The summed E-state index contributed by atoms with van der Waals surface area (Å²) >= 11 is 5.08. The molecule has 1 heterocycles. The molecule has 0 spiro atoms. The maximum Gasteiger partial charge on any atom is 0.234 e. The molecule has 1 aliphatic rings. The number of ether oxygens (including phenoxy) is 1. The van der Waals surface area contributed by atoms with Gasteiger partial charge in [-0.1, -0.05) is 79.0 Å². The summed E-state index contributed by atoms with van der Waals surface area (Å²) < 4.78 is 9.65. The number of rotatable bonds is 9. The van der Waals surface area contributed by atoms with Crippen LogP contribution in [0.1, 0.15) is 74.9 Å². The summed E-state index contributed by atoms with van der Waals surface area (Å²) in [5.74, 6) is 2.27. The lowest BCUT2D eigenvalue weighted by Crippen LogP contribution is -2.19. The van der Waals surface area contributed by atoms with Crippen molar-refractivity contribution in [3.05, 3.63) is 63.9 Å². The van der Waals surface area contributed by atoms with Crippen LogP contribution in [0, 0.1) is 6.92 Å². The summed E-state index contributed by atoms with van der Waals surface area (Å²) in [5, 5.41) is 12.7. The number of aromatic nitrogens is 3. The Morgan fingerprint density at radius 2 is 1.91 bits per heavy atom. The Bertz CT molecular complexity index is 1140. The molecule has 0 saturated heterocycles. The molecule has 6 nitrogen and oxygen atoms in total. The number of para-hydroxylation sites is 1. The number of amides is 1. The van der Waals surface area contributed by atoms with Crippen molar-refractivity contribution < 1.29 is 9.53 Å². The van der Waals surface area contributed by atoms with E-state index in [0.717, 1.165) is 45.3 Å². The number of hydrogen-bond acceptors (Lipinski definition) is 5. The molecule has 0 bridgehead atoms. The highest BCUT2D eigenvalue weighted by atomic mass is 79.9. The van der Waals surface area contributed by atoms with Crippen molar-refractivity contribution in [2.24, 2.45) is 0 Å². The van der Waals surface area contributed by atoms with Crippen LogP contribution >= 0.6 is 27.7 Å². The van der Waals surface area contributed by atoms with E-state index in [2.05, 4.69) is 68.9 Å². The second-order valence-corrected chi connectivity index (χ2v) is 11.1. The molecular formula is C27H33BrN4O2S. The Morgan fingerprint density at radius 3 is 2.63 bits per heavy atom. The van der Waals surface area contributed by atoms with E-state index in [1.807, 2.05) is 30.3 Å². The minimum atomic E-state index is -0.0518. The van der Waals surface area contributed by atoms with Crippen LogP contribution in [0.25, 0.3) is 0 Å². The summed E-state index contributed by atoms with van der Waals surface area (Å²) in [7, 11) is 0. The molecule has 0 unspecified atom stereocenters. The number of carbonyl (C=O) groups excluding carboxylic acids is 1. The Kier molecular flexibility index (Phi) is 8.89. The summed E-state index contributed by atoms with van der Waals surface area (Å²) in [4.78, 5) is 12.5. The van der Waals surface area contributed by atoms with E-state index < -0.39 is 0 Å². The maximum atomic E-state index is 12.5. The van der Waals surface area contributed by atoms with Gasteiger partial charge in [-0.05, 0) is 61.1 Å². The molecule has 0 aliphatic heterocycles. The molecule has 1 amide bonds. The number of thioether (sulfide) groups is 1. The maximum absolute atomic E-state index is 12.5. The lowest BCUT2D eigenvalue weighted by molar-refractivity contribution is -0.113. The Balaban J connectivity index is 1.51. The van der Waals surface area contributed by atoms with Crippen molar-refractivity contribution in [2.75, 3.05) is 11.1 Å². The van der Waals surface area contributed by atoms with Crippen molar-refractivity contribution in [2.45, 2.75) is 76.6 Å². The quantitative estimate of drug-likeness (QED) is 0.280. The van der Waals surface area contributed by atoms with Crippen molar-refractivity contribution in [1.29, 1.82) is 0 Å². The molecular weight excluding hydrogens is 524 g/mol. The Morgan fingerprint density at radius 1 is 1.17 bits per heavy atom. The zero-order chi connectivity index (χ0) is 24.8. The topological polar surface area (TPSA) is 69.0 Å². The first kappa shape index (κ1) is 25.8. The number of halogens is 1.